The maximum absolute atomic E-state index is 12.6. The van der Waals surface area contributed by atoms with E-state index >= 15 is 0 Å². The molecular formula is C15H18BrN3O. The number of hydrogen-bond donors (Lipinski definition) is 1. The van der Waals surface area contributed by atoms with E-state index < -0.39 is 6.04 Å². The van der Waals surface area contributed by atoms with Crippen LogP contribution in [0.2, 0.25) is 0 Å². The molecule has 4 nitrogen and oxygen atoms in total. The Bertz CT molecular complexity index is 553. The molecule has 0 saturated carbocycles. The van der Waals surface area contributed by atoms with Crippen LogP contribution in [0, 0.1) is 24.2 Å². The zero-order valence-corrected chi connectivity index (χ0v) is 13.3. The molecule has 0 spiro atoms. The van der Waals surface area contributed by atoms with Crippen LogP contribution in [0.15, 0.2) is 22.7 Å². The minimum absolute atomic E-state index is 0.0274. The number of rotatable bonds is 2. The van der Waals surface area contributed by atoms with E-state index in [2.05, 4.69) is 34.2 Å². The van der Waals surface area contributed by atoms with E-state index in [1.807, 2.05) is 25.1 Å². The number of aryl methyl sites for hydroxylation is 1. The summed E-state index contributed by atoms with van der Waals surface area (Å²) in [7, 11) is 0. The number of amides is 1. The van der Waals surface area contributed by atoms with Gasteiger partial charge in [-0.05, 0) is 46.5 Å². The number of nitriles is 1. The molecule has 1 fully saturated rings. The molecular weight excluding hydrogens is 318 g/mol. The lowest BCUT2D eigenvalue weighted by atomic mass is 10.1. The minimum Gasteiger partial charge on any atom is -0.310 e. The third kappa shape index (κ3) is 3.20. The summed E-state index contributed by atoms with van der Waals surface area (Å²) in [5.41, 5.74) is 2.02. The summed E-state index contributed by atoms with van der Waals surface area (Å²) in [4.78, 5) is 14.4. The van der Waals surface area contributed by atoms with Crippen molar-refractivity contribution in [1.29, 1.82) is 5.26 Å². The van der Waals surface area contributed by atoms with Gasteiger partial charge in [-0.15, -0.1) is 0 Å². The van der Waals surface area contributed by atoms with E-state index in [-0.39, 0.29) is 12.3 Å². The first-order valence-corrected chi connectivity index (χ1v) is 7.50. The van der Waals surface area contributed by atoms with Gasteiger partial charge in [0.1, 0.15) is 6.04 Å². The fraction of sp³-hybridized carbons (Fsp3) is 0.467. The predicted octanol–water partition coefficient (Wildman–Crippen LogP) is 2.61. The number of nitrogens with zero attached hydrogens (tertiary/aromatic N) is 2. The summed E-state index contributed by atoms with van der Waals surface area (Å²) in [5, 5.41) is 12.1. The maximum atomic E-state index is 12.6. The van der Waals surface area contributed by atoms with Crippen molar-refractivity contribution in [2.45, 2.75) is 26.3 Å². The predicted molar refractivity (Wildman–Crippen MR) is 82.4 cm³/mol. The van der Waals surface area contributed by atoms with Gasteiger partial charge in [0.05, 0.1) is 18.2 Å². The largest absolute Gasteiger partial charge is 0.310 e. The molecule has 1 aromatic rings. The van der Waals surface area contributed by atoms with Crippen LogP contribution >= 0.6 is 15.9 Å². The number of halogens is 1. The number of benzene rings is 1. The normalized spacial score (nSPS) is 23.3. The summed E-state index contributed by atoms with van der Waals surface area (Å²) < 4.78 is 0.913. The SMILES string of the molecule is Cc1ccc(N2CC(C)CNC(CC#N)C2=O)c(Br)c1. The highest BCUT2D eigenvalue weighted by Crippen LogP contribution is 2.29. The van der Waals surface area contributed by atoms with Crippen LogP contribution in [0.5, 0.6) is 0 Å². The van der Waals surface area contributed by atoms with Crippen LogP contribution in [-0.2, 0) is 4.79 Å². The number of carbonyl (C=O) groups excluding carboxylic acids is 1. The molecule has 20 heavy (non-hydrogen) atoms. The molecule has 2 unspecified atom stereocenters. The van der Waals surface area contributed by atoms with Crippen LogP contribution in [0.1, 0.15) is 18.9 Å². The number of anilines is 1. The molecule has 0 radical (unpaired) electrons. The van der Waals surface area contributed by atoms with Gasteiger partial charge in [-0.2, -0.15) is 5.26 Å². The second-order valence-electron chi connectivity index (χ2n) is 5.33. The second-order valence-corrected chi connectivity index (χ2v) is 6.19. The van der Waals surface area contributed by atoms with E-state index in [1.54, 1.807) is 4.90 Å². The first kappa shape index (κ1) is 15.0. The molecule has 1 heterocycles. The third-order valence-corrected chi connectivity index (χ3v) is 4.10. The highest BCUT2D eigenvalue weighted by molar-refractivity contribution is 9.10. The lowest BCUT2D eigenvalue weighted by molar-refractivity contribution is -0.120. The number of carbonyl (C=O) groups is 1. The van der Waals surface area contributed by atoms with Crippen molar-refractivity contribution in [3.8, 4) is 6.07 Å². The minimum atomic E-state index is -0.418. The summed E-state index contributed by atoms with van der Waals surface area (Å²) in [6.45, 7) is 5.53. The van der Waals surface area contributed by atoms with Gasteiger partial charge in [-0.3, -0.25) is 4.79 Å². The topological polar surface area (TPSA) is 56.1 Å². The van der Waals surface area contributed by atoms with Gasteiger partial charge < -0.3 is 10.2 Å². The van der Waals surface area contributed by atoms with Crippen LogP contribution in [-0.4, -0.2) is 25.0 Å². The molecule has 0 aromatic heterocycles. The van der Waals surface area contributed by atoms with Crippen molar-refractivity contribution < 1.29 is 4.79 Å². The lowest BCUT2D eigenvalue weighted by Gasteiger charge is -2.25. The molecule has 2 rings (SSSR count). The first-order valence-electron chi connectivity index (χ1n) is 6.70. The molecule has 5 heteroatoms. The average Bonchev–Trinajstić information content (AvgIpc) is 2.53. The smallest absolute Gasteiger partial charge is 0.245 e. The van der Waals surface area contributed by atoms with E-state index in [4.69, 9.17) is 5.26 Å². The Balaban J connectivity index is 2.35. The lowest BCUT2D eigenvalue weighted by Crippen LogP contribution is -2.43. The Morgan fingerprint density at radius 2 is 2.30 bits per heavy atom. The van der Waals surface area contributed by atoms with Crippen LogP contribution < -0.4 is 10.2 Å². The highest BCUT2D eigenvalue weighted by Gasteiger charge is 2.30. The molecule has 1 amide bonds. The monoisotopic (exact) mass is 335 g/mol. The van der Waals surface area contributed by atoms with Crippen LogP contribution in [0.4, 0.5) is 5.69 Å². The Morgan fingerprint density at radius 1 is 1.55 bits per heavy atom. The zero-order chi connectivity index (χ0) is 14.7. The van der Waals surface area contributed by atoms with Gasteiger partial charge in [-0.25, -0.2) is 0 Å². The molecule has 1 N–H and O–H groups in total. The fourth-order valence-corrected chi connectivity index (χ4v) is 3.09. The molecule has 1 aliphatic heterocycles. The molecule has 1 aromatic carbocycles. The van der Waals surface area contributed by atoms with Gasteiger partial charge in [-0.1, -0.05) is 13.0 Å². The highest BCUT2D eigenvalue weighted by atomic mass is 79.9. The zero-order valence-electron chi connectivity index (χ0n) is 11.7. The summed E-state index contributed by atoms with van der Waals surface area (Å²) in [6, 6.07) is 7.62. The van der Waals surface area contributed by atoms with Crippen LogP contribution in [0.3, 0.4) is 0 Å². The number of hydrogen-bond acceptors (Lipinski definition) is 3. The Morgan fingerprint density at radius 3 is 2.95 bits per heavy atom. The quantitative estimate of drug-likeness (QED) is 0.903. The average molecular weight is 336 g/mol. The van der Waals surface area contributed by atoms with E-state index in [0.717, 1.165) is 22.3 Å². The van der Waals surface area contributed by atoms with Crippen molar-refractivity contribution >= 4 is 27.5 Å². The van der Waals surface area contributed by atoms with E-state index in [1.165, 1.54) is 0 Å². The standard InChI is InChI=1S/C15H18BrN3O/c1-10-3-4-14(12(16)7-10)19-9-11(2)8-18-13(5-6-17)15(19)20/h3-4,7,11,13,18H,5,8-9H2,1-2H3. The summed E-state index contributed by atoms with van der Waals surface area (Å²) in [5.74, 6) is 0.316. The van der Waals surface area contributed by atoms with Crippen LogP contribution in [0.25, 0.3) is 0 Å². The van der Waals surface area contributed by atoms with Crippen molar-refractivity contribution in [2.75, 3.05) is 18.0 Å². The molecule has 106 valence electrons. The Labute approximate surface area is 127 Å². The summed E-state index contributed by atoms with van der Waals surface area (Å²) in [6.07, 6.45) is 0.200. The first-order chi connectivity index (χ1) is 9.52. The molecule has 1 saturated heterocycles. The van der Waals surface area contributed by atoms with E-state index in [9.17, 15) is 4.79 Å². The summed E-state index contributed by atoms with van der Waals surface area (Å²) >= 11 is 3.54. The third-order valence-electron chi connectivity index (χ3n) is 3.46. The van der Waals surface area contributed by atoms with Gasteiger partial charge in [0, 0.05) is 17.6 Å². The van der Waals surface area contributed by atoms with Gasteiger partial charge in [0.2, 0.25) is 5.91 Å². The fourth-order valence-electron chi connectivity index (χ4n) is 2.38. The maximum Gasteiger partial charge on any atom is 0.245 e. The van der Waals surface area contributed by atoms with E-state index in [0.29, 0.717) is 12.5 Å². The van der Waals surface area contributed by atoms with Crippen molar-refractivity contribution in [2.24, 2.45) is 5.92 Å². The Hall–Kier alpha value is -1.38. The van der Waals surface area contributed by atoms with Crippen molar-refractivity contribution in [3.05, 3.63) is 28.2 Å². The van der Waals surface area contributed by atoms with Gasteiger partial charge >= 0.3 is 0 Å². The van der Waals surface area contributed by atoms with Crippen molar-refractivity contribution in [1.82, 2.24) is 5.32 Å². The molecule has 2 atom stereocenters. The van der Waals surface area contributed by atoms with Gasteiger partial charge in [0.25, 0.3) is 0 Å². The molecule has 1 aliphatic rings. The Kier molecular flexibility index (Phi) is 4.79. The van der Waals surface area contributed by atoms with Crippen molar-refractivity contribution in [3.63, 3.8) is 0 Å². The van der Waals surface area contributed by atoms with Gasteiger partial charge in [0.15, 0.2) is 0 Å². The molecule has 0 aliphatic carbocycles. The number of nitrogens with one attached hydrogen (secondary N) is 1. The second kappa shape index (κ2) is 6.38. The molecule has 0 bridgehead atoms.